The maximum absolute atomic E-state index is 12.8. The molecule has 2 aromatic carbocycles. The molecule has 0 radical (unpaired) electrons. The highest BCUT2D eigenvalue weighted by Gasteiger charge is 2.28. The summed E-state index contributed by atoms with van der Waals surface area (Å²) in [5, 5.41) is 4.29. The summed E-state index contributed by atoms with van der Waals surface area (Å²) in [6.45, 7) is 6.77. The first-order valence-electron chi connectivity index (χ1n) is 10.7. The van der Waals surface area contributed by atoms with Gasteiger partial charge in [0, 0.05) is 11.3 Å². The number of rotatable bonds is 6. The molecule has 1 aliphatic carbocycles. The zero-order valence-electron chi connectivity index (χ0n) is 19.0. The van der Waals surface area contributed by atoms with Crippen molar-refractivity contribution >= 4 is 27.3 Å². The van der Waals surface area contributed by atoms with E-state index >= 15 is 0 Å². The monoisotopic (exact) mass is 457 g/mol. The number of carbonyl (C=O) groups is 1. The van der Waals surface area contributed by atoms with Gasteiger partial charge >= 0.3 is 0 Å². The van der Waals surface area contributed by atoms with Crippen LogP contribution in [0, 0.1) is 11.3 Å². The van der Waals surface area contributed by atoms with Crippen molar-refractivity contribution in [3.63, 3.8) is 0 Å². The molecule has 1 saturated carbocycles. The molecule has 0 unspecified atom stereocenters. The van der Waals surface area contributed by atoms with Crippen LogP contribution in [-0.2, 0) is 10.0 Å². The van der Waals surface area contributed by atoms with E-state index < -0.39 is 15.9 Å². The molecule has 0 spiro atoms. The summed E-state index contributed by atoms with van der Waals surface area (Å²) in [5.74, 6) is 0.613. The zero-order valence-corrected chi connectivity index (χ0v) is 19.8. The Labute approximate surface area is 190 Å². The molecule has 0 bridgehead atoms. The number of amides is 1. The van der Waals surface area contributed by atoms with Crippen LogP contribution in [0.15, 0.2) is 58.5 Å². The zero-order chi connectivity index (χ0) is 23.4. The molecule has 0 aromatic heterocycles. The number of carbonyl (C=O) groups excluding carboxylic acids is 1. The van der Waals surface area contributed by atoms with Crippen LogP contribution in [0.2, 0.25) is 0 Å². The van der Waals surface area contributed by atoms with Gasteiger partial charge in [0.25, 0.3) is 15.9 Å². The van der Waals surface area contributed by atoms with Crippen molar-refractivity contribution in [3.05, 3.63) is 54.1 Å². The van der Waals surface area contributed by atoms with Gasteiger partial charge in [0.1, 0.15) is 5.75 Å². The summed E-state index contributed by atoms with van der Waals surface area (Å²) in [6.07, 6.45) is 3.83. The van der Waals surface area contributed by atoms with Crippen LogP contribution in [0.4, 0.5) is 5.69 Å². The number of nitrogens with one attached hydrogen (secondary N) is 2. The number of ether oxygens (including phenoxy) is 1. The van der Waals surface area contributed by atoms with E-state index in [4.69, 9.17) is 4.74 Å². The third kappa shape index (κ3) is 5.88. The van der Waals surface area contributed by atoms with E-state index in [1.54, 1.807) is 30.3 Å². The number of nitrogens with zero attached hydrogens (tertiary/aromatic N) is 1. The maximum Gasteiger partial charge on any atom is 0.271 e. The van der Waals surface area contributed by atoms with Gasteiger partial charge in [-0.1, -0.05) is 39.0 Å². The molecule has 1 aliphatic rings. The quantitative estimate of drug-likeness (QED) is 0.608. The summed E-state index contributed by atoms with van der Waals surface area (Å²) in [4.78, 5) is 12.6. The molecule has 2 N–H and O–H groups in total. The van der Waals surface area contributed by atoms with E-state index in [1.807, 2.05) is 0 Å². The van der Waals surface area contributed by atoms with Crippen molar-refractivity contribution in [2.75, 3.05) is 11.8 Å². The Morgan fingerprint density at radius 1 is 1.06 bits per heavy atom. The second-order valence-electron chi connectivity index (χ2n) is 9.09. The maximum atomic E-state index is 12.8. The van der Waals surface area contributed by atoms with Gasteiger partial charge in [-0.25, -0.2) is 13.8 Å². The summed E-state index contributed by atoms with van der Waals surface area (Å²) >= 11 is 0. The Morgan fingerprint density at radius 2 is 1.75 bits per heavy atom. The van der Waals surface area contributed by atoms with Crippen molar-refractivity contribution in [3.8, 4) is 5.75 Å². The molecule has 0 saturated heterocycles. The lowest BCUT2D eigenvalue weighted by Gasteiger charge is -2.34. The highest BCUT2D eigenvalue weighted by atomic mass is 32.2. The number of hydrogen-bond acceptors (Lipinski definition) is 5. The van der Waals surface area contributed by atoms with Crippen LogP contribution in [0.25, 0.3) is 0 Å². The fourth-order valence-electron chi connectivity index (χ4n) is 3.86. The van der Waals surface area contributed by atoms with E-state index in [0.717, 1.165) is 31.4 Å². The first kappa shape index (κ1) is 23.8. The van der Waals surface area contributed by atoms with Gasteiger partial charge in [0.2, 0.25) is 0 Å². The summed E-state index contributed by atoms with van der Waals surface area (Å²) in [5.41, 5.74) is 4.38. The van der Waals surface area contributed by atoms with Gasteiger partial charge in [-0.3, -0.25) is 9.52 Å². The van der Waals surface area contributed by atoms with Gasteiger partial charge in [0.15, 0.2) is 0 Å². The first-order chi connectivity index (χ1) is 15.1. The fraction of sp³-hybridized carbons (Fsp3) is 0.417. The predicted molar refractivity (Wildman–Crippen MR) is 127 cm³/mol. The number of benzene rings is 2. The highest BCUT2D eigenvalue weighted by molar-refractivity contribution is 7.92. The third-order valence-electron chi connectivity index (χ3n) is 5.86. The second-order valence-corrected chi connectivity index (χ2v) is 10.8. The Kier molecular flexibility index (Phi) is 7.23. The van der Waals surface area contributed by atoms with Gasteiger partial charge in [-0.05, 0) is 67.3 Å². The molecular formula is C24H31N3O4S. The third-order valence-corrected chi connectivity index (χ3v) is 7.22. The lowest BCUT2D eigenvalue weighted by Crippen LogP contribution is -2.27. The number of sulfonamides is 1. The van der Waals surface area contributed by atoms with Crippen molar-refractivity contribution in [2.45, 2.75) is 51.3 Å². The molecule has 0 aliphatic heterocycles. The minimum atomic E-state index is -3.90. The van der Waals surface area contributed by atoms with Crippen LogP contribution in [0.5, 0.6) is 5.75 Å². The second kappa shape index (κ2) is 9.73. The molecule has 172 valence electrons. The number of hydrazone groups is 1. The molecule has 1 amide bonds. The molecule has 1 fully saturated rings. The lowest BCUT2D eigenvalue weighted by atomic mass is 9.72. The van der Waals surface area contributed by atoms with Crippen molar-refractivity contribution < 1.29 is 17.9 Å². The van der Waals surface area contributed by atoms with E-state index in [1.165, 1.54) is 25.3 Å². The highest BCUT2D eigenvalue weighted by Crippen LogP contribution is 2.36. The average Bonchev–Trinajstić information content (AvgIpc) is 2.77. The van der Waals surface area contributed by atoms with Gasteiger partial charge in [-0.2, -0.15) is 5.10 Å². The predicted octanol–water partition coefficient (Wildman–Crippen LogP) is 4.82. The smallest absolute Gasteiger partial charge is 0.271 e. The van der Waals surface area contributed by atoms with E-state index in [-0.39, 0.29) is 15.9 Å². The standard InChI is InChI=1S/C24H31N3O4S/c1-24(2,3)18-12-14-19(15-13-18)25-26-23(28)17-8-7-9-20(16-17)32(29,30)27-21-10-5-6-11-22(21)31-4/h5-11,16,18,27H,12-15H2,1-4H3,(H,26,28). The number of methoxy groups -OCH3 is 1. The lowest BCUT2D eigenvalue weighted by molar-refractivity contribution is 0.0954. The Hall–Kier alpha value is -2.87. The normalized spacial score (nSPS) is 16.9. The van der Waals surface area contributed by atoms with E-state index in [9.17, 15) is 13.2 Å². The fourth-order valence-corrected chi connectivity index (χ4v) is 4.98. The molecule has 3 rings (SSSR count). The van der Waals surface area contributed by atoms with Gasteiger partial charge < -0.3 is 4.74 Å². The van der Waals surface area contributed by atoms with Crippen molar-refractivity contribution in [2.24, 2.45) is 16.4 Å². The van der Waals surface area contributed by atoms with Crippen LogP contribution >= 0.6 is 0 Å². The molecule has 0 atom stereocenters. The van der Waals surface area contributed by atoms with E-state index in [0.29, 0.717) is 17.4 Å². The molecule has 7 nitrogen and oxygen atoms in total. The largest absolute Gasteiger partial charge is 0.495 e. The topological polar surface area (TPSA) is 96.9 Å². The van der Waals surface area contributed by atoms with Gasteiger partial charge in [0.05, 0.1) is 17.7 Å². The van der Waals surface area contributed by atoms with E-state index in [2.05, 4.69) is 36.0 Å². The summed E-state index contributed by atoms with van der Waals surface area (Å²) in [7, 11) is -2.44. The Morgan fingerprint density at radius 3 is 2.41 bits per heavy atom. The first-order valence-corrected chi connectivity index (χ1v) is 12.2. The van der Waals surface area contributed by atoms with Crippen LogP contribution < -0.4 is 14.9 Å². The van der Waals surface area contributed by atoms with Crippen LogP contribution in [0.3, 0.4) is 0 Å². The van der Waals surface area contributed by atoms with Crippen molar-refractivity contribution in [1.29, 1.82) is 0 Å². The molecular weight excluding hydrogens is 426 g/mol. The molecule has 32 heavy (non-hydrogen) atoms. The van der Waals surface area contributed by atoms with Crippen molar-refractivity contribution in [1.82, 2.24) is 5.43 Å². The van der Waals surface area contributed by atoms with Gasteiger partial charge in [-0.15, -0.1) is 0 Å². The molecule has 2 aromatic rings. The number of hydrogen-bond donors (Lipinski definition) is 2. The SMILES string of the molecule is COc1ccccc1NS(=O)(=O)c1cccc(C(=O)NN=C2CCC(C(C)(C)C)CC2)c1. The molecule has 0 heterocycles. The number of para-hydroxylation sites is 2. The number of anilines is 1. The van der Waals surface area contributed by atoms with Crippen LogP contribution in [0.1, 0.15) is 56.8 Å². The Balaban J connectivity index is 1.68. The minimum absolute atomic E-state index is 0.0191. The minimum Gasteiger partial charge on any atom is -0.495 e. The molecule has 8 heteroatoms. The van der Waals surface area contributed by atoms with Crippen LogP contribution in [-0.4, -0.2) is 27.1 Å². The summed E-state index contributed by atoms with van der Waals surface area (Å²) in [6, 6.07) is 12.6. The Bertz CT molecular complexity index is 1090. The summed E-state index contributed by atoms with van der Waals surface area (Å²) < 4.78 is 33.4. The average molecular weight is 458 g/mol.